The largest absolute Gasteiger partial charge is 0.338 e. The maximum Gasteiger partial charge on any atom is 0.314 e. The van der Waals surface area contributed by atoms with Crippen molar-refractivity contribution >= 4 is 6.03 Å². The number of nitrogens with zero attached hydrogens (tertiary/aromatic N) is 2. The number of aryl methyl sites for hydroxylation is 1. The van der Waals surface area contributed by atoms with Crippen LogP contribution in [0.25, 0.3) is 0 Å². The fourth-order valence-electron chi connectivity index (χ4n) is 1.21. The van der Waals surface area contributed by atoms with E-state index in [0.29, 0.717) is 6.54 Å². The molecule has 1 aromatic heterocycles. The van der Waals surface area contributed by atoms with Gasteiger partial charge >= 0.3 is 6.03 Å². The molecule has 0 atom stereocenters. The molecule has 0 aliphatic carbocycles. The highest BCUT2D eigenvalue weighted by Gasteiger charge is 2.02. The van der Waals surface area contributed by atoms with Crippen LogP contribution in [0, 0.1) is 0 Å². The van der Waals surface area contributed by atoms with E-state index in [1.807, 2.05) is 33.2 Å². The molecule has 84 valence electrons. The number of amides is 2. The van der Waals surface area contributed by atoms with Crippen LogP contribution in [0.15, 0.2) is 12.3 Å². The Balaban J connectivity index is 2.19. The van der Waals surface area contributed by atoms with Crippen molar-refractivity contribution in [3.05, 3.63) is 18.0 Å². The van der Waals surface area contributed by atoms with E-state index in [9.17, 15) is 4.79 Å². The summed E-state index contributed by atoms with van der Waals surface area (Å²) in [5.41, 5.74) is 0.988. The molecule has 5 nitrogen and oxygen atoms in total. The molecule has 5 heteroatoms. The third-order valence-corrected chi connectivity index (χ3v) is 1.86. The Morgan fingerprint density at radius 1 is 1.60 bits per heavy atom. The van der Waals surface area contributed by atoms with Crippen molar-refractivity contribution in [2.45, 2.75) is 26.3 Å². The van der Waals surface area contributed by atoms with Crippen LogP contribution in [0.4, 0.5) is 4.79 Å². The Bertz CT molecular complexity index is 319. The number of rotatable bonds is 4. The minimum absolute atomic E-state index is 0.124. The van der Waals surface area contributed by atoms with Crippen molar-refractivity contribution in [2.75, 3.05) is 6.54 Å². The number of aromatic nitrogens is 2. The van der Waals surface area contributed by atoms with E-state index in [1.165, 1.54) is 0 Å². The lowest BCUT2D eigenvalue weighted by atomic mass is 10.3. The molecule has 0 radical (unpaired) electrons. The van der Waals surface area contributed by atoms with Crippen LogP contribution in [0.1, 0.15) is 19.5 Å². The van der Waals surface area contributed by atoms with Gasteiger partial charge in [0.15, 0.2) is 0 Å². The van der Waals surface area contributed by atoms with Crippen LogP contribution in [-0.2, 0) is 13.5 Å². The van der Waals surface area contributed by atoms with Crippen LogP contribution >= 0.6 is 0 Å². The van der Waals surface area contributed by atoms with Gasteiger partial charge in [-0.05, 0) is 19.9 Å². The Labute approximate surface area is 89.9 Å². The third-order valence-electron chi connectivity index (χ3n) is 1.86. The molecule has 0 aromatic carbocycles. The van der Waals surface area contributed by atoms with Gasteiger partial charge in [0.25, 0.3) is 0 Å². The fourth-order valence-corrected chi connectivity index (χ4v) is 1.21. The molecule has 0 aliphatic heterocycles. The second-order valence-corrected chi connectivity index (χ2v) is 3.79. The first kappa shape index (κ1) is 11.6. The van der Waals surface area contributed by atoms with E-state index >= 15 is 0 Å². The minimum Gasteiger partial charge on any atom is -0.338 e. The van der Waals surface area contributed by atoms with Gasteiger partial charge in [-0.25, -0.2) is 4.79 Å². The number of hydrogen-bond acceptors (Lipinski definition) is 2. The second-order valence-electron chi connectivity index (χ2n) is 3.79. The molecule has 1 aromatic rings. The van der Waals surface area contributed by atoms with E-state index in [4.69, 9.17) is 0 Å². The normalized spacial score (nSPS) is 10.4. The highest BCUT2D eigenvalue weighted by molar-refractivity contribution is 5.74. The molecule has 0 saturated heterocycles. The van der Waals surface area contributed by atoms with Crippen molar-refractivity contribution in [2.24, 2.45) is 7.05 Å². The molecule has 1 heterocycles. The zero-order chi connectivity index (χ0) is 11.3. The van der Waals surface area contributed by atoms with Crippen LogP contribution in [0.2, 0.25) is 0 Å². The molecule has 0 unspecified atom stereocenters. The van der Waals surface area contributed by atoms with Gasteiger partial charge in [0.05, 0.1) is 5.69 Å². The lowest BCUT2D eigenvalue weighted by Gasteiger charge is -2.09. The van der Waals surface area contributed by atoms with Crippen molar-refractivity contribution in [3.8, 4) is 0 Å². The molecule has 0 bridgehead atoms. The average molecular weight is 210 g/mol. The summed E-state index contributed by atoms with van der Waals surface area (Å²) in [5, 5.41) is 9.74. The van der Waals surface area contributed by atoms with Crippen molar-refractivity contribution < 1.29 is 4.79 Å². The SMILES string of the molecule is CC(C)NC(=O)NCCc1ccn(C)n1. The maximum atomic E-state index is 11.2. The van der Waals surface area contributed by atoms with Crippen LogP contribution < -0.4 is 10.6 Å². The number of carbonyl (C=O) groups is 1. The average Bonchev–Trinajstić information content (AvgIpc) is 2.50. The van der Waals surface area contributed by atoms with Gasteiger partial charge < -0.3 is 10.6 Å². The summed E-state index contributed by atoms with van der Waals surface area (Å²) in [5.74, 6) is 0. The van der Waals surface area contributed by atoms with Crippen molar-refractivity contribution in [1.82, 2.24) is 20.4 Å². The molecular formula is C10H18N4O. The van der Waals surface area contributed by atoms with Gasteiger partial charge in [-0.1, -0.05) is 0 Å². The number of urea groups is 1. The zero-order valence-electron chi connectivity index (χ0n) is 9.45. The summed E-state index contributed by atoms with van der Waals surface area (Å²) >= 11 is 0. The Morgan fingerprint density at radius 2 is 2.33 bits per heavy atom. The van der Waals surface area contributed by atoms with Crippen LogP contribution in [-0.4, -0.2) is 28.4 Å². The highest BCUT2D eigenvalue weighted by atomic mass is 16.2. The first-order chi connectivity index (χ1) is 7.08. The second kappa shape index (κ2) is 5.38. The monoisotopic (exact) mass is 210 g/mol. The molecule has 0 spiro atoms. The van der Waals surface area contributed by atoms with Crippen molar-refractivity contribution in [1.29, 1.82) is 0 Å². The topological polar surface area (TPSA) is 59.0 Å². The molecule has 1 rings (SSSR count). The van der Waals surface area contributed by atoms with E-state index in [2.05, 4.69) is 15.7 Å². The van der Waals surface area contributed by atoms with E-state index < -0.39 is 0 Å². The van der Waals surface area contributed by atoms with E-state index in [0.717, 1.165) is 12.1 Å². The first-order valence-corrected chi connectivity index (χ1v) is 5.11. The van der Waals surface area contributed by atoms with Crippen molar-refractivity contribution in [3.63, 3.8) is 0 Å². The van der Waals surface area contributed by atoms with Gasteiger partial charge in [-0.3, -0.25) is 4.68 Å². The predicted octanol–water partition coefficient (Wildman–Crippen LogP) is 0.670. The summed E-state index contributed by atoms with van der Waals surface area (Å²) < 4.78 is 1.75. The van der Waals surface area contributed by atoms with Crippen LogP contribution in [0.5, 0.6) is 0 Å². The minimum atomic E-state index is -0.124. The molecule has 0 saturated carbocycles. The number of hydrogen-bond donors (Lipinski definition) is 2. The van der Waals surface area contributed by atoms with Gasteiger partial charge in [0, 0.05) is 32.3 Å². The summed E-state index contributed by atoms with van der Waals surface area (Å²) in [6, 6.07) is 1.99. The summed E-state index contributed by atoms with van der Waals surface area (Å²) in [6.07, 6.45) is 2.65. The molecule has 2 N–H and O–H groups in total. The summed E-state index contributed by atoms with van der Waals surface area (Å²) in [4.78, 5) is 11.2. The lowest BCUT2D eigenvalue weighted by molar-refractivity contribution is 0.238. The first-order valence-electron chi connectivity index (χ1n) is 5.11. The number of nitrogens with one attached hydrogen (secondary N) is 2. The fraction of sp³-hybridized carbons (Fsp3) is 0.600. The quantitative estimate of drug-likeness (QED) is 0.767. The Kier molecular flexibility index (Phi) is 4.15. The Hall–Kier alpha value is -1.52. The molecule has 0 fully saturated rings. The summed E-state index contributed by atoms with van der Waals surface area (Å²) in [7, 11) is 1.88. The standard InChI is InChI=1S/C10H18N4O/c1-8(2)12-10(15)11-6-4-9-5-7-14(3)13-9/h5,7-8H,4,6H2,1-3H3,(H2,11,12,15). The maximum absolute atomic E-state index is 11.2. The number of carbonyl (C=O) groups excluding carboxylic acids is 1. The van der Waals surface area contributed by atoms with Gasteiger partial charge in [0.1, 0.15) is 0 Å². The Morgan fingerprint density at radius 3 is 2.87 bits per heavy atom. The predicted molar refractivity (Wildman–Crippen MR) is 58.6 cm³/mol. The molecular weight excluding hydrogens is 192 g/mol. The van der Waals surface area contributed by atoms with Gasteiger partial charge in [-0.15, -0.1) is 0 Å². The zero-order valence-corrected chi connectivity index (χ0v) is 9.45. The summed E-state index contributed by atoms with van der Waals surface area (Å²) in [6.45, 7) is 4.46. The third kappa shape index (κ3) is 4.49. The molecule has 15 heavy (non-hydrogen) atoms. The highest BCUT2D eigenvalue weighted by Crippen LogP contribution is 1.93. The van der Waals surface area contributed by atoms with Gasteiger partial charge in [-0.2, -0.15) is 5.10 Å². The van der Waals surface area contributed by atoms with E-state index in [-0.39, 0.29) is 12.1 Å². The van der Waals surface area contributed by atoms with Gasteiger partial charge in [0.2, 0.25) is 0 Å². The van der Waals surface area contributed by atoms with E-state index in [1.54, 1.807) is 4.68 Å². The smallest absolute Gasteiger partial charge is 0.314 e. The molecule has 0 aliphatic rings. The molecule has 2 amide bonds. The van der Waals surface area contributed by atoms with Crippen LogP contribution in [0.3, 0.4) is 0 Å². The lowest BCUT2D eigenvalue weighted by Crippen LogP contribution is -2.40.